The summed E-state index contributed by atoms with van der Waals surface area (Å²) >= 11 is 0. The number of rotatable bonds is 5. The zero-order valence-electron chi connectivity index (χ0n) is 9.94. The predicted molar refractivity (Wildman–Crippen MR) is 65.7 cm³/mol. The molecular weight excluding hydrogens is 202 g/mol. The lowest BCUT2D eigenvalue weighted by molar-refractivity contribution is -0.899. The van der Waals surface area contributed by atoms with Crippen molar-refractivity contribution in [1.29, 1.82) is 0 Å². The van der Waals surface area contributed by atoms with Crippen LogP contribution in [-0.2, 0) is 4.79 Å². The fraction of sp³-hybridized carbons (Fsp3) is 0.417. The van der Waals surface area contributed by atoms with Crippen molar-refractivity contribution in [3.8, 4) is 0 Å². The van der Waals surface area contributed by atoms with E-state index in [2.05, 4.69) is 5.32 Å². The number of amides is 1. The lowest BCUT2D eigenvalue weighted by atomic mass is 10.3. The summed E-state index contributed by atoms with van der Waals surface area (Å²) in [6.45, 7) is 3.75. The summed E-state index contributed by atoms with van der Waals surface area (Å²) in [5.74, 6) is 0.000926. The number of nitrogens with two attached hydrogens (primary N) is 1. The van der Waals surface area contributed by atoms with Gasteiger partial charge in [-0.15, -0.1) is 0 Å². The smallest absolute Gasteiger partial charge is 0.279 e. The van der Waals surface area contributed by atoms with Crippen LogP contribution in [0.15, 0.2) is 30.3 Å². The number of carbonyl (C=O) groups excluding carboxylic acids is 1. The number of likely N-dealkylation sites (N-methyl/N-ethyl adjacent to an activating group) is 1. The quantitative estimate of drug-likeness (QED) is 0.577. The van der Waals surface area contributed by atoms with E-state index < -0.39 is 0 Å². The van der Waals surface area contributed by atoms with Crippen LogP contribution in [0.25, 0.3) is 0 Å². The number of para-hydroxylation sites is 1. The van der Waals surface area contributed by atoms with Crippen molar-refractivity contribution in [2.24, 2.45) is 5.73 Å². The SMILES string of the molecule is CC[N+](C)(CN)CC(=O)Nc1ccccc1. The zero-order chi connectivity index (χ0) is 12.0. The molecule has 0 saturated carbocycles. The summed E-state index contributed by atoms with van der Waals surface area (Å²) < 4.78 is 0.554. The van der Waals surface area contributed by atoms with E-state index in [9.17, 15) is 4.79 Å². The molecule has 1 unspecified atom stereocenters. The highest BCUT2D eigenvalue weighted by Gasteiger charge is 2.21. The fourth-order valence-electron chi connectivity index (χ4n) is 1.37. The van der Waals surface area contributed by atoms with E-state index in [1.165, 1.54) is 0 Å². The summed E-state index contributed by atoms with van der Waals surface area (Å²) in [6.07, 6.45) is 0. The maximum atomic E-state index is 11.8. The number of anilines is 1. The van der Waals surface area contributed by atoms with Gasteiger partial charge in [-0.3, -0.25) is 10.5 Å². The van der Waals surface area contributed by atoms with Crippen molar-refractivity contribution in [2.75, 3.05) is 32.1 Å². The molecule has 3 N–H and O–H groups in total. The van der Waals surface area contributed by atoms with E-state index in [1.807, 2.05) is 44.3 Å². The van der Waals surface area contributed by atoms with Gasteiger partial charge in [0.25, 0.3) is 5.91 Å². The van der Waals surface area contributed by atoms with Crippen molar-refractivity contribution in [2.45, 2.75) is 6.92 Å². The highest BCUT2D eigenvalue weighted by atomic mass is 16.2. The number of nitrogens with zero attached hydrogens (tertiary/aromatic N) is 1. The average Bonchev–Trinajstić information content (AvgIpc) is 2.30. The van der Waals surface area contributed by atoms with Gasteiger partial charge in [-0.2, -0.15) is 0 Å². The minimum absolute atomic E-state index is 0.000926. The van der Waals surface area contributed by atoms with Crippen LogP contribution in [0.2, 0.25) is 0 Å². The van der Waals surface area contributed by atoms with Crippen LogP contribution in [0.3, 0.4) is 0 Å². The second-order valence-corrected chi connectivity index (χ2v) is 4.19. The molecule has 1 amide bonds. The number of carbonyl (C=O) groups is 1. The lowest BCUT2D eigenvalue weighted by Crippen LogP contribution is -2.52. The van der Waals surface area contributed by atoms with Crippen molar-refractivity contribution in [1.82, 2.24) is 0 Å². The van der Waals surface area contributed by atoms with Gasteiger partial charge in [0.05, 0.1) is 13.6 Å². The Labute approximate surface area is 96.6 Å². The summed E-state index contributed by atoms with van der Waals surface area (Å²) in [7, 11) is 1.98. The Morgan fingerprint density at radius 3 is 2.50 bits per heavy atom. The second-order valence-electron chi connectivity index (χ2n) is 4.19. The number of hydrogen-bond acceptors (Lipinski definition) is 2. The van der Waals surface area contributed by atoms with E-state index >= 15 is 0 Å². The molecule has 0 aliphatic rings. The molecule has 0 spiro atoms. The molecule has 1 atom stereocenters. The van der Waals surface area contributed by atoms with Crippen molar-refractivity contribution in [3.63, 3.8) is 0 Å². The number of hydrogen-bond donors (Lipinski definition) is 2. The Hall–Kier alpha value is -1.39. The second kappa shape index (κ2) is 5.63. The lowest BCUT2D eigenvalue weighted by Gasteiger charge is -2.30. The number of quaternary nitrogens is 1. The standard InChI is InChI=1S/C12H19N3O/c1-3-15(2,10-13)9-12(16)14-11-7-5-4-6-8-11/h4-8H,3,9-10,13H2,1-2H3/p+1. The van der Waals surface area contributed by atoms with Gasteiger partial charge in [0, 0.05) is 5.69 Å². The Morgan fingerprint density at radius 2 is 2.00 bits per heavy atom. The fourth-order valence-corrected chi connectivity index (χ4v) is 1.37. The monoisotopic (exact) mass is 222 g/mol. The van der Waals surface area contributed by atoms with Gasteiger partial charge in [0.2, 0.25) is 0 Å². The van der Waals surface area contributed by atoms with E-state index in [-0.39, 0.29) is 5.91 Å². The van der Waals surface area contributed by atoms with Gasteiger partial charge in [-0.25, -0.2) is 0 Å². The van der Waals surface area contributed by atoms with Gasteiger partial charge >= 0.3 is 0 Å². The van der Waals surface area contributed by atoms with Crippen LogP contribution in [0.5, 0.6) is 0 Å². The maximum Gasteiger partial charge on any atom is 0.279 e. The first-order valence-electron chi connectivity index (χ1n) is 5.48. The Bertz CT molecular complexity index is 333. The molecule has 0 radical (unpaired) electrons. The van der Waals surface area contributed by atoms with Crippen molar-refractivity contribution in [3.05, 3.63) is 30.3 Å². The molecule has 4 nitrogen and oxygen atoms in total. The number of benzene rings is 1. The third-order valence-electron chi connectivity index (χ3n) is 2.79. The van der Waals surface area contributed by atoms with Gasteiger partial charge in [0.15, 0.2) is 6.54 Å². The zero-order valence-corrected chi connectivity index (χ0v) is 9.94. The molecule has 16 heavy (non-hydrogen) atoms. The van der Waals surface area contributed by atoms with Crippen LogP contribution < -0.4 is 11.1 Å². The van der Waals surface area contributed by atoms with Crippen LogP contribution >= 0.6 is 0 Å². The molecule has 0 heterocycles. The molecule has 0 bridgehead atoms. The summed E-state index contributed by atoms with van der Waals surface area (Å²) in [4.78, 5) is 11.8. The van der Waals surface area contributed by atoms with Crippen LogP contribution in [0.1, 0.15) is 6.92 Å². The van der Waals surface area contributed by atoms with E-state index in [1.54, 1.807) is 0 Å². The molecule has 0 aliphatic heterocycles. The molecule has 1 aromatic carbocycles. The molecule has 0 aromatic heterocycles. The first-order valence-corrected chi connectivity index (χ1v) is 5.48. The summed E-state index contributed by atoms with van der Waals surface area (Å²) in [5.41, 5.74) is 6.48. The minimum atomic E-state index is 0.000926. The molecule has 88 valence electrons. The third-order valence-corrected chi connectivity index (χ3v) is 2.79. The van der Waals surface area contributed by atoms with Crippen LogP contribution in [0.4, 0.5) is 5.69 Å². The topological polar surface area (TPSA) is 55.1 Å². The molecule has 0 aliphatic carbocycles. The third kappa shape index (κ3) is 3.64. The molecule has 1 aromatic rings. The van der Waals surface area contributed by atoms with E-state index in [0.29, 0.717) is 17.7 Å². The van der Waals surface area contributed by atoms with Crippen LogP contribution in [0, 0.1) is 0 Å². The average molecular weight is 222 g/mol. The molecule has 0 saturated heterocycles. The van der Waals surface area contributed by atoms with Gasteiger partial charge in [0.1, 0.15) is 6.67 Å². The highest BCUT2D eigenvalue weighted by molar-refractivity contribution is 5.91. The van der Waals surface area contributed by atoms with E-state index in [4.69, 9.17) is 5.73 Å². The maximum absolute atomic E-state index is 11.8. The van der Waals surface area contributed by atoms with Crippen molar-refractivity contribution >= 4 is 11.6 Å². The van der Waals surface area contributed by atoms with Gasteiger partial charge in [-0.1, -0.05) is 18.2 Å². The molecular formula is C12H20N3O+. The minimum Gasteiger partial charge on any atom is -0.321 e. The van der Waals surface area contributed by atoms with Crippen molar-refractivity contribution < 1.29 is 9.28 Å². The highest BCUT2D eigenvalue weighted by Crippen LogP contribution is 2.06. The number of nitrogens with one attached hydrogen (secondary N) is 1. The van der Waals surface area contributed by atoms with E-state index in [0.717, 1.165) is 12.2 Å². The Kier molecular flexibility index (Phi) is 4.46. The predicted octanol–water partition coefficient (Wildman–Crippen LogP) is 1.01. The van der Waals surface area contributed by atoms with Gasteiger partial charge in [-0.05, 0) is 19.1 Å². The van der Waals surface area contributed by atoms with Gasteiger partial charge < -0.3 is 9.80 Å². The molecule has 4 heteroatoms. The molecule has 0 fully saturated rings. The summed E-state index contributed by atoms with van der Waals surface area (Å²) in [5, 5.41) is 2.86. The normalized spacial score (nSPS) is 14.2. The first-order chi connectivity index (χ1) is 7.59. The largest absolute Gasteiger partial charge is 0.321 e. The molecule has 1 rings (SSSR count). The van der Waals surface area contributed by atoms with Crippen LogP contribution in [-0.4, -0.2) is 37.2 Å². The Balaban J connectivity index is 2.54. The first kappa shape index (κ1) is 12.7. The summed E-state index contributed by atoms with van der Waals surface area (Å²) in [6, 6.07) is 9.45. The Morgan fingerprint density at radius 1 is 1.38 bits per heavy atom.